The fourth-order valence-corrected chi connectivity index (χ4v) is 1.43. The number of carbonyl (C=O) groups is 1. The number of imidazole rings is 1. The summed E-state index contributed by atoms with van der Waals surface area (Å²) in [6, 6.07) is 0. The van der Waals surface area contributed by atoms with E-state index in [1.54, 1.807) is 6.20 Å². The molecule has 0 aliphatic carbocycles. The van der Waals surface area contributed by atoms with Gasteiger partial charge in [-0.1, -0.05) is 13.3 Å². The molecule has 90 valence electrons. The van der Waals surface area contributed by atoms with Crippen LogP contribution in [0.1, 0.15) is 38.4 Å². The largest absolute Gasteiger partial charge is 0.466 e. The second kappa shape index (κ2) is 7.04. The zero-order valence-corrected chi connectivity index (χ0v) is 10.1. The summed E-state index contributed by atoms with van der Waals surface area (Å²) in [7, 11) is 1.96. The summed E-state index contributed by atoms with van der Waals surface area (Å²) >= 11 is 0. The minimum Gasteiger partial charge on any atom is -0.466 e. The van der Waals surface area contributed by atoms with Crippen LogP contribution in [-0.2, 0) is 23.0 Å². The van der Waals surface area contributed by atoms with Crippen molar-refractivity contribution in [2.45, 2.75) is 39.0 Å². The molecular formula is C12H20N2O2. The van der Waals surface area contributed by atoms with Crippen molar-refractivity contribution in [2.75, 3.05) is 6.61 Å². The van der Waals surface area contributed by atoms with Crippen LogP contribution in [0.4, 0.5) is 0 Å². The van der Waals surface area contributed by atoms with Crippen molar-refractivity contribution >= 4 is 5.97 Å². The van der Waals surface area contributed by atoms with Crippen LogP contribution in [0.2, 0.25) is 0 Å². The Bertz CT molecular complexity index is 321. The number of rotatable bonds is 7. The number of carbonyl (C=O) groups excluding carboxylic acids is 1. The van der Waals surface area contributed by atoms with Crippen molar-refractivity contribution in [2.24, 2.45) is 7.05 Å². The van der Waals surface area contributed by atoms with Crippen LogP contribution in [0.5, 0.6) is 0 Å². The van der Waals surface area contributed by atoms with E-state index in [0.717, 1.165) is 31.5 Å². The smallest absolute Gasteiger partial charge is 0.305 e. The van der Waals surface area contributed by atoms with Crippen LogP contribution in [0.25, 0.3) is 0 Å². The van der Waals surface area contributed by atoms with Crippen LogP contribution in [0.15, 0.2) is 12.4 Å². The van der Waals surface area contributed by atoms with E-state index in [4.69, 9.17) is 4.74 Å². The Hall–Kier alpha value is -1.32. The molecule has 0 atom stereocenters. The van der Waals surface area contributed by atoms with Crippen molar-refractivity contribution < 1.29 is 9.53 Å². The lowest BCUT2D eigenvalue weighted by Gasteiger charge is -2.04. The maximum Gasteiger partial charge on any atom is 0.305 e. The normalized spacial score (nSPS) is 10.4. The quantitative estimate of drug-likeness (QED) is 0.526. The van der Waals surface area contributed by atoms with Gasteiger partial charge in [0, 0.05) is 32.3 Å². The van der Waals surface area contributed by atoms with Crippen LogP contribution in [0, 0.1) is 0 Å². The molecule has 0 N–H and O–H groups in total. The lowest BCUT2D eigenvalue weighted by Crippen LogP contribution is -2.07. The number of unbranched alkanes of at least 4 members (excludes halogenated alkanes) is 1. The molecule has 0 fully saturated rings. The SMILES string of the molecule is CCCCOC(=O)CCCc1nccn1C. The number of ether oxygens (including phenoxy) is 1. The lowest BCUT2D eigenvalue weighted by molar-refractivity contribution is -0.143. The first-order valence-electron chi connectivity index (χ1n) is 5.86. The van der Waals surface area contributed by atoms with E-state index < -0.39 is 0 Å². The Labute approximate surface area is 96.6 Å². The third-order valence-corrected chi connectivity index (χ3v) is 2.46. The van der Waals surface area contributed by atoms with Crippen molar-refractivity contribution in [3.05, 3.63) is 18.2 Å². The van der Waals surface area contributed by atoms with Crippen molar-refractivity contribution in [3.8, 4) is 0 Å². The van der Waals surface area contributed by atoms with E-state index in [2.05, 4.69) is 11.9 Å². The molecule has 0 spiro atoms. The van der Waals surface area contributed by atoms with Crippen LogP contribution in [0.3, 0.4) is 0 Å². The summed E-state index contributed by atoms with van der Waals surface area (Å²) in [6.07, 6.45) is 7.80. The van der Waals surface area contributed by atoms with E-state index in [1.165, 1.54) is 0 Å². The molecule has 0 aliphatic rings. The van der Waals surface area contributed by atoms with Crippen LogP contribution in [-0.4, -0.2) is 22.1 Å². The molecular weight excluding hydrogens is 204 g/mol. The van der Waals surface area contributed by atoms with Crippen molar-refractivity contribution in [1.29, 1.82) is 0 Å². The average molecular weight is 224 g/mol. The van der Waals surface area contributed by atoms with Gasteiger partial charge in [-0.05, 0) is 12.8 Å². The number of hydrogen-bond donors (Lipinski definition) is 0. The van der Waals surface area contributed by atoms with Gasteiger partial charge in [0.2, 0.25) is 0 Å². The van der Waals surface area contributed by atoms with Gasteiger partial charge in [-0.25, -0.2) is 4.98 Å². The van der Waals surface area contributed by atoms with Gasteiger partial charge in [-0.2, -0.15) is 0 Å². The number of aryl methyl sites for hydroxylation is 2. The predicted octanol–water partition coefficient (Wildman–Crippen LogP) is 2.09. The highest BCUT2D eigenvalue weighted by atomic mass is 16.5. The Morgan fingerprint density at radius 2 is 2.31 bits per heavy atom. The maximum absolute atomic E-state index is 11.3. The molecule has 0 amide bonds. The van der Waals surface area contributed by atoms with Gasteiger partial charge in [-0.15, -0.1) is 0 Å². The number of aromatic nitrogens is 2. The molecule has 0 saturated heterocycles. The fraction of sp³-hybridized carbons (Fsp3) is 0.667. The number of esters is 1. The Morgan fingerprint density at radius 1 is 1.50 bits per heavy atom. The first-order chi connectivity index (χ1) is 7.74. The average Bonchev–Trinajstić information content (AvgIpc) is 2.65. The molecule has 1 aromatic rings. The second-order valence-corrected chi connectivity index (χ2v) is 3.88. The van der Waals surface area contributed by atoms with Gasteiger partial charge in [0.1, 0.15) is 5.82 Å². The summed E-state index contributed by atoms with van der Waals surface area (Å²) in [5.74, 6) is 0.920. The zero-order valence-electron chi connectivity index (χ0n) is 10.1. The third kappa shape index (κ3) is 4.47. The summed E-state index contributed by atoms with van der Waals surface area (Å²) in [5.41, 5.74) is 0. The maximum atomic E-state index is 11.3. The summed E-state index contributed by atoms with van der Waals surface area (Å²) in [6.45, 7) is 2.63. The van der Waals surface area contributed by atoms with Crippen LogP contribution >= 0.6 is 0 Å². The third-order valence-electron chi connectivity index (χ3n) is 2.46. The van der Waals surface area contributed by atoms with Crippen molar-refractivity contribution in [3.63, 3.8) is 0 Å². The predicted molar refractivity (Wildman–Crippen MR) is 62.0 cm³/mol. The zero-order chi connectivity index (χ0) is 11.8. The van der Waals surface area contributed by atoms with Gasteiger partial charge in [0.25, 0.3) is 0 Å². The van der Waals surface area contributed by atoms with Crippen LogP contribution < -0.4 is 0 Å². The van der Waals surface area contributed by atoms with E-state index >= 15 is 0 Å². The standard InChI is InChI=1S/C12H20N2O2/c1-3-4-10-16-12(15)7-5-6-11-13-8-9-14(11)2/h8-9H,3-7,10H2,1-2H3. The molecule has 16 heavy (non-hydrogen) atoms. The summed E-state index contributed by atoms with van der Waals surface area (Å²) < 4.78 is 7.04. The molecule has 0 bridgehead atoms. The molecule has 0 aliphatic heterocycles. The molecule has 4 heteroatoms. The summed E-state index contributed by atoms with van der Waals surface area (Å²) in [5, 5.41) is 0. The van der Waals surface area contributed by atoms with E-state index in [1.807, 2.05) is 17.8 Å². The van der Waals surface area contributed by atoms with E-state index in [-0.39, 0.29) is 5.97 Å². The molecule has 0 saturated carbocycles. The molecule has 1 rings (SSSR count). The highest BCUT2D eigenvalue weighted by Crippen LogP contribution is 2.03. The van der Waals surface area contributed by atoms with E-state index in [0.29, 0.717) is 13.0 Å². The first-order valence-corrected chi connectivity index (χ1v) is 5.86. The lowest BCUT2D eigenvalue weighted by atomic mass is 10.2. The monoisotopic (exact) mass is 224 g/mol. The van der Waals surface area contributed by atoms with Gasteiger partial charge in [-0.3, -0.25) is 4.79 Å². The topological polar surface area (TPSA) is 44.1 Å². The molecule has 4 nitrogen and oxygen atoms in total. The molecule has 0 aromatic carbocycles. The van der Waals surface area contributed by atoms with Gasteiger partial charge < -0.3 is 9.30 Å². The molecule has 0 radical (unpaired) electrons. The second-order valence-electron chi connectivity index (χ2n) is 3.88. The fourth-order valence-electron chi connectivity index (χ4n) is 1.43. The molecule has 0 unspecified atom stereocenters. The Balaban J connectivity index is 2.11. The highest BCUT2D eigenvalue weighted by Gasteiger charge is 2.04. The highest BCUT2D eigenvalue weighted by molar-refractivity contribution is 5.69. The van der Waals surface area contributed by atoms with Gasteiger partial charge >= 0.3 is 5.97 Å². The number of hydrogen-bond acceptors (Lipinski definition) is 3. The van der Waals surface area contributed by atoms with E-state index in [9.17, 15) is 4.79 Å². The van der Waals surface area contributed by atoms with Gasteiger partial charge in [0.05, 0.1) is 6.61 Å². The number of nitrogens with zero attached hydrogens (tertiary/aromatic N) is 2. The minimum absolute atomic E-state index is 0.0948. The first kappa shape index (κ1) is 12.7. The Morgan fingerprint density at radius 3 is 2.94 bits per heavy atom. The van der Waals surface area contributed by atoms with Crippen molar-refractivity contribution in [1.82, 2.24) is 9.55 Å². The van der Waals surface area contributed by atoms with Gasteiger partial charge in [0.15, 0.2) is 0 Å². The Kier molecular flexibility index (Phi) is 5.61. The molecule has 1 aromatic heterocycles. The molecule has 1 heterocycles. The summed E-state index contributed by atoms with van der Waals surface area (Å²) in [4.78, 5) is 15.5. The minimum atomic E-state index is -0.0948.